The molecular formula is C15H18N2O3. The van der Waals surface area contributed by atoms with Crippen molar-refractivity contribution < 1.29 is 14.6 Å². The maximum Gasteiger partial charge on any atom is 0.323 e. The van der Waals surface area contributed by atoms with Gasteiger partial charge in [-0.1, -0.05) is 12.8 Å². The first-order valence-electron chi connectivity index (χ1n) is 6.72. The number of nitriles is 1. The third-order valence-electron chi connectivity index (χ3n) is 3.71. The number of hydrogen-bond acceptors (Lipinski definition) is 4. The van der Waals surface area contributed by atoms with E-state index in [-0.39, 0.29) is 12.6 Å². The summed E-state index contributed by atoms with van der Waals surface area (Å²) in [6.07, 6.45) is 4.14. The molecule has 1 aromatic rings. The van der Waals surface area contributed by atoms with Crippen molar-refractivity contribution in [2.24, 2.45) is 0 Å². The lowest BCUT2D eigenvalue weighted by Crippen LogP contribution is -2.38. The van der Waals surface area contributed by atoms with Crippen molar-refractivity contribution in [2.75, 3.05) is 18.6 Å². The number of nitrogens with zero attached hydrogens (tertiary/aromatic N) is 2. The lowest BCUT2D eigenvalue weighted by atomic mass is 10.1. The predicted octanol–water partition coefficient (Wildman–Crippen LogP) is 2.40. The van der Waals surface area contributed by atoms with Gasteiger partial charge in [-0.15, -0.1) is 0 Å². The van der Waals surface area contributed by atoms with Gasteiger partial charge in [0, 0.05) is 12.1 Å². The summed E-state index contributed by atoms with van der Waals surface area (Å²) in [5, 5.41) is 18.4. The molecule has 1 aliphatic carbocycles. The summed E-state index contributed by atoms with van der Waals surface area (Å²) in [7, 11) is 1.56. The minimum Gasteiger partial charge on any atom is -0.497 e. The lowest BCUT2D eigenvalue weighted by Gasteiger charge is -2.30. The molecule has 2 rings (SSSR count). The van der Waals surface area contributed by atoms with Gasteiger partial charge < -0.3 is 14.7 Å². The number of rotatable bonds is 5. The molecule has 1 fully saturated rings. The van der Waals surface area contributed by atoms with Gasteiger partial charge >= 0.3 is 5.97 Å². The Bertz CT molecular complexity index is 530. The first-order valence-corrected chi connectivity index (χ1v) is 6.72. The van der Waals surface area contributed by atoms with Crippen LogP contribution in [0.2, 0.25) is 0 Å². The summed E-state index contributed by atoms with van der Waals surface area (Å²) in [5.41, 5.74) is 1.14. The maximum absolute atomic E-state index is 11.1. The SMILES string of the molecule is COc1ccc(C#N)c(N(CC(=O)O)C2CCCC2)c1. The average molecular weight is 274 g/mol. The van der Waals surface area contributed by atoms with E-state index in [0.717, 1.165) is 25.7 Å². The number of anilines is 1. The largest absolute Gasteiger partial charge is 0.497 e. The summed E-state index contributed by atoms with van der Waals surface area (Å²) < 4.78 is 5.19. The van der Waals surface area contributed by atoms with Crippen LogP contribution in [-0.2, 0) is 4.79 Å². The van der Waals surface area contributed by atoms with E-state index in [0.29, 0.717) is 17.0 Å². The minimum atomic E-state index is -0.886. The van der Waals surface area contributed by atoms with Crippen molar-refractivity contribution in [1.29, 1.82) is 5.26 Å². The predicted molar refractivity (Wildman–Crippen MR) is 74.9 cm³/mol. The van der Waals surface area contributed by atoms with Crippen LogP contribution in [0.3, 0.4) is 0 Å². The fourth-order valence-corrected chi connectivity index (χ4v) is 2.74. The number of aliphatic carboxylic acids is 1. The number of methoxy groups -OCH3 is 1. The van der Waals surface area contributed by atoms with Crippen molar-refractivity contribution in [1.82, 2.24) is 0 Å². The molecule has 5 nitrogen and oxygen atoms in total. The van der Waals surface area contributed by atoms with Gasteiger partial charge in [0.15, 0.2) is 0 Å². The van der Waals surface area contributed by atoms with E-state index < -0.39 is 5.97 Å². The normalized spacial score (nSPS) is 14.8. The minimum absolute atomic E-state index is 0.0908. The van der Waals surface area contributed by atoms with Crippen molar-refractivity contribution >= 4 is 11.7 Å². The standard InChI is InChI=1S/C15H18N2O3/c1-20-13-7-6-11(9-16)14(8-13)17(10-15(18)19)12-4-2-3-5-12/h6-8,12H,2-5,10H2,1H3,(H,18,19). The Morgan fingerprint density at radius 2 is 2.20 bits per heavy atom. The van der Waals surface area contributed by atoms with E-state index in [1.165, 1.54) is 0 Å². The Hall–Kier alpha value is -2.22. The van der Waals surface area contributed by atoms with Gasteiger partial charge in [0.1, 0.15) is 18.4 Å². The van der Waals surface area contributed by atoms with E-state index in [1.807, 2.05) is 4.90 Å². The molecule has 0 aromatic heterocycles. The third-order valence-corrected chi connectivity index (χ3v) is 3.71. The summed E-state index contributed by atoms with van der Waals surface area (Å²) in [5.74, 6) is -0.254. The van der Waals surface area contributed by atoms with Gasteiger partial charge in [-0.05, 0) is 25.0 Å². The van der Waals surface area contributed by atoms with Crippen LogP contribution in [0.1, 0.15) is 31.2 Å². The highest BCUT2D eigenvalue weighted by molar-refractivity contribution is 5.76. The van der Waals surface area contributed by atoms with Gasteiger partial charge in [0.2, 0.25) is 0 Å². The number of carbonyl (C=O) groups is 1. The van der Waals surface area contributed by atoms with Crippen molar-refractivity contribution in [3.05, 3.63) is 23.8 Å². The van der Waals surface area contributed by atoms with Crippen molar-refractivity contribution in [3.63, 3.8) is 0 Å². The number of carboxylic acid groups (broad SMARTS) is 1. The highest BCUT2D eigenvalue weighted by Gasteiger charge is 2.26. The van der Waals surface area contributed by atoms with Crippen LogP contribution in [-0.4, -0.2) is 30.8 Å². The number of carboxylic acids is 1. The monoisotopic (exact) mass is 274 g/mol. The fourth-order valence-electron chi connectivity index (χ4n) is 2.74. The Balaban J connectivity index is 2.40. The van der Waals surface area contributed by atoms with Gasteiger partial charge in [-0.3, -0.25) is 4.79 Å². The lowest BCUT2D eigenvalue weighted by molar-refractivity contribution is -0.135. The van der Waals surface area contributed by atoms with Gasteiger partial charge in [0.25, 0.3) is 0 Å². The van der Waals surface area contributed by atoms with Crippen LogP contribution in [0.4, 0.5) is 5.69 Å². The maximum atomic E-state index is 11.1. The molecule has 0 saturated heterocycles. The van der Waals surface area contributed by atoms with Crippen molar-refractivity contribution in [3.8, 4) is 11.8 Å². The molecule has 0 unspecified atom stereocenters. The zero-order valence-corrected chi connectivity index (χ0v) is 11.5. The second-order valence-corrected chi connectivity index (χ2v) is 4.95. The van der Waals surface area contributed by atoms with Crippen molar-refractivity contribution in [2.45, 2.75) is 31.7 Å². The van der Waals surface area contributed by atoms with E-state index in [1.54, 1.807) is 25.3 Å². The average Bonchev–Trinajstić information content (AvgIpc) is 2.97. The molecule has 1 aromatic carbocycles. The van der Waals surface area contributed by atoms with E-state index in [9.17, 15) is 10.1 Å². The van der Waals surface area contributed by atoms with Crippen LogP contribution < -0.4 is 9.64 Å². The second-order valence-electron chi connectivity index (χ2n) is 4.95. The molecule has 0 radical (unpaired) electrons. The molecule has 1 N–H and O–H groups in total. The van der Waals surface area contributed by atoms with E-state index >= 15 is 0 Å². The highest BCUT2D eigenvalue weighted by atomic mass is 16.5. The topological polar surface area (TPSA) is 73.6 Å². The van der Waals surface area contributed by atoms with Gasteiger partial charge in [0.05, 0.1) is 18.4 Å². The second kappa shape index (κ2) is 6.29. The summed E-state index contributed by atoms with van der Waals surface area (Å²) in [6.45, 7) is -0.0908. The molecule has 0 atom stereocenters. The van der Waals surface area contributed by atoms with Crippen LogP contribution in [0, 0.1) is 11.3 Å². The van der Waals surface area contributed by atoms with E-state index in [4.69, 9.17) is 9.84 Å². The molecule has 1 saturated carbocycles. The zero-order valence-electron chi connectivity index (χ0n) is 11.5. The fraction of sp³-hybridized carbons (Fsp3) is 0.467. The molecule has 0 heterocycles. The van der Waals surface area contributed by atoms with Crippen LogP contribution in [0.15, 0.2) is 18.2 Å². The molecular weight excluding hydrogens is 256 g/mol. The Morgan fingerprint density at radius 1 is 1.50 bits per heavy atom. The molecule has 0 amide bonds. The van der Waals surface area contributed by atoms with Gasteiger partial charge in [-0.25, -0.2) is 0 Å². The molecule has 0 bridgehead atoms. The van der Waals surface area contributed by atoms with Crippen LogP contribution in [0.25, 0.3) is 0 Å². The summed E-state index contributed by atoms with van der Waals surface area (Å²) >= 11 is 0. The number of benzene rings is 1. The molecule has 5 heteroatoms. The smallest absolute Gasteiger partial charge is 0.323 e. The summed E-state index contributed by atoms with van der Waals surface area (Å²) in [4.78, 5) is 13.0. The van der Waals surface area contributed by atoms with Gasteiger partial charge in [-0.2, -0.15) is 5.26 Å². The molecule has 0 spiro atoms. The number of hydrogen-bond donors (Lipinski definition) is 1. The summed E-state index contributed by atoms with van der Waals surface area (Å²) in [6, 6.07) is 7.47. The first kappa shape index (κ1) is 14.2. The number of ether oxygens (including phenoxy) is 1. The molecule has 1 aliphatic rings. The van der Waals surface area contributed by atoms with E-state index in [2.05, 4.69) is 6.07 Å². The highest BCUT2D eigenvalue weighted by Crippen LogP contribution is 2.32. The molecule has 20 heavy (non-hydrogen) atoms. The third kappa shape index (κ3) is 3.02. The first-order chi connectivity index (χ1) is 9.65. The quantitative estimate of drug-likeness (QED) is 0.892. The Kier molecular flexibility index (Phi) is 4.46. The Morgan fingerprint density at radius 3 is 2.75 bits per heavy atom. The van der Waals surface area contributed by atoms with Crippen LogP contribution >= 0.6 is 0 Å². The van der Waals surface area contributed by atoms with Crippen LogP contribution in [0.5, 0.6) is 5.75 Å². The molecule has 0 aliphatic heterocycles. The Labute approximate surface area is 118 Å². The molecule has 106 valence electrons. The zero-order chi connectivity index (χ0) is 14.5.